The van der Waals surface area contributed by atoms with Crippen LogP contribution >= 0.6 is 0 Å². The summed E-state index contributed by atoms with van der Waals surface area (Å²) in [6, 6.07) is 3.46. The van der Waals surface area contributed by atoms with Gasteiger partial charge in [0.25, 0.3) is 5.91 Å². The molecule has 1 aliphatic rings. The molecule has 1 saturated heterocycles. The highest BCUT2D eigenvalue weighted by atomic mass is 16.5. The number of pyridine rings is 1. The number of morpholine rings is 1. The number of ether oxygens (including phenoxy) is 1. The zero-order valence-corrected chi connectivity index (χ0v) is 11.9. The second-order valence-electron chi connectivity index (χ2n) is 4.92. The van der Waals surface area contributed by atoms with Crippen LogP contribution in [0.1, 0.15) is 24.2 Å². The number of amides is 1. The first-order valence-corrected chi connectivity index (χ1v) is 6.89. The molecule has 1 aromatic heterocycles. The van der Waals surface area contributed by atoms with E-state index >= 15 is 0 Å². The first-order chi connectivity index (χ1) is 9.63. The molecule has 2 atom stereocenters. The summed E-state index contributed by atoms with van der Waals surface area (Å²) >= 11 is 0. The molecule has 1 aliphatic heterocycles. The lowest BCUT2D eigenvalue weighted by Crippen LogP contribution is -2.50. The van der Waals surface area contributed by atoms with Crippen molar-refractivity contribution in [2.45, 2.75) is 26.1 Å². The first kappa shape index (κ1) is 14.7. The van der Waals surface area contributed by atoms with E-state index in [-0.39, 0.29) is 24.7 Å². The van der Waals surface area contributed by atoms with Gasteiger partial charge < -0.3 is 20.1 Å². The highest BCUT2D eigenvalue weighted by molar-refractivity contribution is 5.94. The van der Waals surface area contributed by atoms with Gasteiger partial charge in [-0.2, -0.15) is 0 Å². The van der Waals surface area contributed by atoms with Crippen molar-refractivity contribution >= 4 is 11.7 Å². The van der Waals surface area contributed by atoms with Crippen LogP contribution in [0, 0.1) is 0 Å². The number of rotatable bonds is 4. The van der Waals surface area contributed by atoms with Gasteiger partial charge in [-0.25, -0.2) is 4.98 Å². The van der Waals surface area contributed by atoms with Crippen LogP contribution in [0.25, 0.3) is 0 Å². The van der Waals surface area contributed by atoms with E-state index in [1.54, 1.807) is 23.2 Å². The summed E-state index contributed by atoms with van der Waals surface area (Å²) in [7, 11) is 0. The Balaban J connectivity index is 2.11. The average Bonchev–Trinajstić information content (AvgIpc) is 2.46. The second kappa shape index (κ2) is 6.67. The Morgan fingerprint density at radius 3 is 3.10 bits per heavy atom. The van der Waals surface area contributed by atoms with Crippen molar-refractivity contribution < 1.29 is 14.6 Å². The SMILES string of the molecule is CCNc1cc(C(=O)N2CC(C)OC(CO)C2)ccn1. The van der Waals surface area contributed by atoms with Gasteiger partial charge in [-0.05, 0) is 26.0 Å². The maximum atomic E-state index is 12.5. The molecule has 0 spiro atoms. The fraction of sp³-hybridized carbons (Fsp3) is 0.571. The Kier molecular flexibility index (Phi) is 4.92. The molecular weight excluding hydrogens is 258 g/mol. The molecule has 2 unspecified atom stereocenters. The third-order valence-electron chi connectivity index (χ3n) is 3.18. The van der Waals surface area contributed by atoms with Gasteiger partial charge in [-0.15, -0.1) is 0 Å². The fourth-order valence-electron chi connectivity index (χ4n) is 2.34. The van der Waals surface area contributed by atoms with E-state index in [0.29, 0.717) is 24.5 Å². The van der Waals surface area contributed by atoms with E-state index in [4.69, 9.17) is 4.74 Å². The van der Waals surface area contributed by atoms with Crippen molar-refractivity contribution in [3.05, 3.63) is 23.9 Å². The molecule has 2 rings (SSSR count). The Bertz CT molecular complexity index is 467. The topological polar surface area (TPSA) is 74.7 Å². The van der Waals surface area contributed by atoms with Crippen molar-refractivity contribution in [1.29, 1.82) is 0 Å². The Labute approximate surface area is 118 Å². The lowest BCUT2D eigenvalue weighted by atomic mass is 10.1. The molecule has 0 aliphatic carbocycles. The van der Waals surface area contributed by atoms with Crippen LogP contribution in [0.4, 0.5) is 5.82 Å². The summed E-state index contributed by atoms with van der Waals surface area (Å²) in [5.41, 5.74) is 0.599. The number of hydrogen-bond acceptors (Lipinski definition) is 5. The number of aliphatic hydroxyl groups is 1. The van der Waals surface area contributed by atoms with Crippen molar-refractivity contribution in [3.8, 4) is 0 Å². The van der Waals surface area contributed by atoms with Crippen LogP contribution in [-0.2, 0) is 4.74 Å². The van der Waals surface area contributed by atoms with E-state index in [0.717, 1.165) is 6.54 Å². The molecule has 110 valence electrons. The number of nitrogens with one attached hydrogen (secondary N) is 1. The van der Waals surface area contributed by atoms with Gasteiger partial charge in [-0.3, -0.25) is 4.79 Å². The number of aliphatic hydroxyl groups excluding tert-OH is 1. The standard InChI is InChI=1S/C14H21N3O3/c1-3-15-13-6-11(4-5-16-13)14(19)17-7-10(2)20-12(8-17)9-18/h4-6,10,12,18H,3,7-9H2,1-2H3,(H,15,16). The van der Waals surface area contributed by atoms with Crippen LogP contribution < -0.4 is 5.32 Å². The summed E-state index contributed by atoms with van der Waals surface area (Å²) in [5.74, 6) is 0.638. The molecule has 2 N–H and O–H groups in total. The molecule has 2 heterocycles. The highest BCUT2D eigenvalue weighted by Gasteiger charge is 2.28. The normalized spacial score (nSPS) is 22.6. The second-order valence-corrected chi connectivity index (χ2v) is 4.92. The zero-order chi connectivity index (χ0) is 14.5. The predicted octanol–water partition coefficient (Wildman–Crippen LogP) is 0.735. The number of aromatic nitrogens is 1. The molecule has 20 heavy (non-hydrogen) atoms. The molecule has 0 saturated carbocycles. The number of nitrogens with zero attached hydrogens (tertiary/aromatic N) is 2. The van der Waals surface area contributed by atoms with Gasteiger partial charge in [-0.1, -0.05) is 0 Å². The number of carbonyl (C=O) groups is 1. The van der Waals surface area contributed by atoms with Crippen molar-refractivity contribution in [2.24, 2.45) is 0 Å². The van der Waals surface area contributed by atoms with Gasteiger partial charge in [0, 0.05) is 31.4 Å². The van der Waals surface area contributed by atoms with E-state index in [9.17, 15) is 9.90 Å². The van der Waals surface area contributed by atoms with Gasteiger partial charge in [0.1, 0.15) is 5.82 Å². The van der Waals surface area contributed by atoms with Crippen LogP contribution in [0.15, 0.2) is 18.3 Å². The van der Waals surface area contributed by atoms with Crippen LogP contribution in [0.2, 0.25) is 0 Å². The molecule has 6 heteroatoms. The number of anilines is 1. The average molecular weight is 279 g/mol. The maximum absolute atomic E-state index is 12.5. The van der Waals surface area contributed by atoms with Gasteiger partial charge in [0.15, 0.2) is 0 Å². The summed E-state index contributed by atoms with van der Waals surface area (Å²) < 4.78 is 5.55. The predicted molar refractivity (Wildman–Crippen MR) is 75.7 cm³/mol. The summed E-state index contributed by atoms with van der Waals surface area (Å²) in [6.07, 6.45) is 1.25. The van der Waals surface area contributed by atoms with E-state index in [1.165, 1.54) is 0 Å². The molecule has 6 nitrogen and oxygen atoms in total. The van der Waals surface area contributed by atoms with Gasteiger partial charge >= 0.3 is 0 Å². The minimum absolute atomic E-state index is 0.0554. The Morgan fingerprint density at radius 1 is 1.60 bits per heavy atom. The molecule has 0 radical (unpaired) electrons. The van der Waals surface area contributed by atoms with Crippen LogP contribution in [-0.4, -0.2) is 59.3 Å². The molecular formula is C14H21N3O3. The van der Waals surface area contributed by atoms with Crippen LogP contribution in [0.3, 0.4) is 0 Å². The summed E-state index contributed by atoms with van der Waals surface area (Å²) in [5, 5.41) is 12.3. The maximum Gasteiger partial charge on any atom is 0.254 e. The number of carbonyl (C=O) groups excluding carboxylic acids is 1. The quantitative estimate of drug-likeness (QED) is 0.850. The highest BCUT2D eigenvalue weighted by Crippen LogP contribution is 2.15. The van der Waals surface area contributed by atoms with Crippen LogP contribution in [0.5, 0.6) is 0 Å². The third-order valence-corrected chi connectivity index (χ3v) is 3.18. The first-order valence-electron chi connectivity index (χ1n) is 6.89. The lowest BCUT2D eigenvalue weighted by Gasteiger charge is -2.36. The largest absolute Gasteiger partial charge is 0.394 e. The minimum atomic E-state index is -0.308. The summed E-state index contributed by atoms with van der Waals surface area (Å²) in [4.78, 5) is 18.4. The minimum Gasteiger partial charge on any atom is -0.394 e. The zero-order valence-electron chi connectivity index (χ0n) is 11.9. The smallest absolute Gasteiger partial charge is 0.254 e. The van der Waals surface area contributed by atoms with Crippen molar-refractivity contribution in [2.75, 3.05) is 31.6 Å². The lowest BCUT2D eigenvalue weighted by molar-refractivity contribution is -0.0858. The molecule has 0 bridgehead atoms. The molecule has 0 aromatic carbocycles. The van der Waals surface area contributed by atoms with Crippen molar-refractivity contribution in [3.63, 3.8) is 0 Å². The van der Waals surface area contributed by atoms with Gasteiger partial charge in [0.05, 0.1) is 18.8 Å². The molecule has 1 fully saturated rings. The number of hydrogen-bond donors (Lipinski definition) is 2. The summed E-state index contributed by atoms with van der Waals surface area (Å²) in [6.45, 7) is 5.51. The van der Waals surface area contributed by atoms with E-state index in [1.807, 2.05) is 13.8 Å². The van der Waals surface area contributed by atoms with E-state index in [2.05, 4.69) is 10.3 Å². The fourth-order valence-corrected chi connectivity index (χ4v) is 2.34. The Hall–Kier alpha value is -1.66. The van der Waals surface area contributed by atoms with Gasteiger partial charge in [0.2, 0.25) is 0 Å². The van der Waals surface area contributed by atoms with E-state index < -0.39 is 0 Å². The third kappa shape index (κ3) is 3.46. The monoisotopic (exact) mass is 279 g/mol. The molecule has 1 aromatic rings. The Morgan fingerprint density at radius 2 is 2.40 bits per heavy atom. The molecule has 1 amide bonds. The van der Waals surface area contributed by atoms with Crippen molar-refractivity contribution in [1.82, 2.24) is 9.88 Å².